The van der Waals surface area contributed by atoms with Crippen molar-refractivity contribution in [2.24, 2.45) is 10.4 Å². The Hall–Kier alpha value is -3.53. The summed E-state index contributed by atoms with van der Waals surface area (Å²) in [6, 6.07) is 7.28. The highest BCUT2D eigenvalue weighted by Gasteiger charge is 2.29. The van der Waals surface area contributed by atoms with Crippen LogP contribution >= 0.6 is 0 Å². The third kappa shape index (κ3) is 4.70. The molecule has 0 bridgehead atoms. The Bertz CT molecular complexity index is 1450. The van der Waals surface area contributed by atoms with Crippen LogP contribution in [0.3, 0.4) is 0 Å². The lowest BCUT2D eigenvalue weighted by Gasteiger charge is -2.31. The van der Waals surface area contributed by atoms with Crippen LogP contribution in [0.1, 0.15) is 38.1 Å². The number of aliphatic imine (C=N–C) groups is 1. The molecule has 0 aliphatic carbocycles. The van der Waals surface area contributed by atoms with Crippen molar-refractivity contribution in [3.63, 3.8) is 0 Å². The Kier molecular flexibility index (Phi) is 6.27. The minimum Gasteiger partial charge on any atom is -0.363 e. The number of amidine groups is 1. The Balaban J connectivity index is 1.83. The number of aryl methyl sites for hydroxylation is 1. The van der Waals surface area contributed by atoms with E-state index in [1.807, 2.05) is 27.7 Å². The predicted molar refractivity (Wildman–Crippen MR) is 133 cm³/mol. The van der Waals surface area contributed by atoms with Crippen LogP contribution in [0.25, 0.3) is 11.0 Å². The fourth-order valence-corrected chi connectivity index (χ4v) is 5.12. The van der Waals surface area contributed by atoms with Crippen molar-refractivity contribution in [1.29, 1.82) is 0 Å². The Morgan fingerprint density at radius 1 is 1.23 bits per heavy atom. The zero-order chi connectivity index (χ0) is 25.5. The van der Waals surface area contributed by atoms with Gasteiger partial charge in [0, 0.05) is 23.3 Å². The molecular formula is C25H27F2N5O2S. The number of aromatic nitrogens is 2. The van der Waals surface area contributed by atoms with Gasteiger partial charge in [-0.15, -0.1) is 6.58 Å². The summed E-state index contributed by atoms with van der Waals surface area (Å²) in [5.41, 5.74) is 1.01. The Labute approximate surface area is 203 Å². The van der Waals surface area contributed by atoms with Crippen molar-refractivity contribution in [2.45, 2.75) is 44.8 Å². The first-order valence-electron chi connectivity index (χ1n) is 11.0. The minimum atomic E-state index is -4.04. The molecule has 10 heteroatoms. The van der Waals surface area contributed by atoms with Gasteiger partial charge >= 0.3 is 0 Å². The summed E-state index contributed by atoms with van der Waals surface area (Å²) in [7, 11) is -4.04. The van der Waals surface area contributed by atoms with Crippen LogP contribution < -0.4 is 10.6 Å². The van der Waals surface area contributed by atoms with Crippen molar-refractivity contribution in [3.8, 4) is 0 Å². The monoisotopic (exact) mass is 499 g/mol. The van der Waals surface area contributed by atoms with E-state index >= 15 is 0 Å². The molecule has 2 N–H and O–H groups in total. The summed E-state index contributed by atoms with van der Waals surface area (Å²) in [4.78, 5) is 8.55. The van der Waals surface area contributed by atoms with Gasteiger partial charge in [-0.1, -0.05) is 44.5 Å². The summed E-state index contributed by atoms with van der Waals surface area (Å²) >= 11 is 0. The van der Waals surface area contributed by atoms with E-state index in [2.05, 4.69) is 27.2 Å². The van der Waals surface area contributed by atoms with Crippen LogP contribution in [0, 0.1) is 18.2 Å². The van der Waals surface area contributed by atoms with Gasteiger partial charge in [0.15, 0.2) is 17.3 Å². The van der Waals surface area contributed by atoms with E-state index in [-0.39, 0.29) is 33.2 Å². The molecular weight excluding hydrogens is 472 g/mol. The first-order valence-corrected chi connectivity index (χ1v) is 12.4. The molecule has 0 fully saturated rings. The van der Waals surface area contributed by atoms with Crippen molar-refractivity contribution >= 4 is 26.9 Å². The fraction of sp³-hybridized carbons (Fsp3) is 0.280. The fourth-order valence-electron chi connectivity index (χ4n) is 3.79. The molecule has 2 atom stereocenters. The van der Waals surface area contributed by atoms with E-state index in [0.717, 1.165) is 21.9 Å². The van der Waals surface area contributed by atoms with E-state index in [9.17, 15) is 17.2 Å². The second kappa shape index (κ2) is 8.92. The highest BCUT2D eigenvalue weighted by molar-refractivity contribution is 7.90. The number of rotatable bonds is 5. The minimum absolute atomic E-state index is 0.0137. The number of nitrogens with zero attached hydrogens (tertiary/aromatic N) is 3. The molecule has 0 spiro atoms. The maximum Gasteiger partial charge on any atom is 0.269 e. The summed E-state index contributed by atoms with van der Waals surface area (Å²) in [5.74, 6) is -1.26. The molecule has 3 aromatic rings. The van der Waals surface area contributed by atoms with Gasteiger partial charge in [-0.05, 0) is 30.5 Å². The molecule has 0 saturated carbocycles. The predicted octanol–water partition coefficient (Wildman–Crippen LogP) is 4.72. The summed E-state index contributed by atoms with van der Waals surface area (Å²) in [6.45, 7) is 11.6. The van der Waals surface area contributed by atoms with E-state index in [1.165, 1.54) is 24.4 Å². The van der Waals surface area contributed by atoms with Gasteiger partial charge in [0.2, 0.25) is 0 Å². The van der Waals surface area contributed by atoms with Crippen LogP contribution in [0.4, 0.5) is 8.78 Å². The molecule has 1 aromatic carbocycles. The van der Waals surface area contributed by atoms with Gasteiger partial charge in [0.1, 0.15) is 12.0 Å². The van der Waals surface area contributed by atoms with Crippen molar-refractivity contribution in [3.05, 3.63) is 84.4 Å². The maximum atomic E-state index is 14.6. The molecule has 184 valence electrons. The average molecular weight is 500 g/mol. The standard InChI is InChI=1S/C25H27F2N5O2S/c1-6-21(25(3,4)5)30-23-20(27)13-28-22(31-23)19-14-32(24-18(19)11-16(26)12-29-24)35(33,34)17-9-7-15(2)8-10-17/h6-14,21-22,28H,1H2,2-5H3,(H,30,31). The smallest absolute Gasteiger partial charge is 0.269 e. The number of hydrogen-bond donors (Lipinski definition) is 2. The largest absolute Gasteiger partial charge is 0.363 e. The SMILES string of the molecule is C=CC(NC1=NC(c2cn(S(=O)(=O)c3ccc(C)cc3)c3ncc(F)cc23)NC=C1F)C(C)(C)C. The molecule has 1 aliphatic rings. The van der Waals surface area contributed by atoms with Crippen molar-refractivity contribution in [1.82, 2.24) is 19.6 Å². The Morgan fingerprint density at radius 3 is 2.54 bits per heavy atom. The second-order valence-electron chi connectivity index (χ2n) is 9.49. The number of nitrogens with one attached hydrogen (secondary N) is 2. The van der Waals surface area contributed by atoms with Crippen LogP contribution in [0.2, 0.25) is 0 Å². The third-order valence-corrected chi connectivity index (χ3v) is 7.46. The number of pyridine rings is 1. The summed E-state index contributed by atoms with van der Waals surface area (Å²) in [6.07, 6.45) is 4.23. The molecule has 35 heavy (non-hydrogen) atoms. The third-order valence-electron chi connectivity index (χ3n) is 5.80. The lowest BCUT2D eigenvalue weighted by atomic mass is 9.87. The zero-order valence-corrected chi connectivity index (χ0v) is 20.7. The molecule has 7 nitrogen and oxygen atoms in total. The highest BCUT2D eigenvalue weighted by Crippen LogP contribution is 2.32. The Morgan fingerprint density at radius 2 is 1.91 bits per heavy atom. The molecule has 1 aliphatic heterocycles. The van der Waals surface area contributed by atoms with E-state index < -0.39 is 27.8 Å². The highest BCUT2D eigenvalue weighted by atomic mass is 32.2. The van der Waals surface area contributed by atoms with Gasteiger partial charge in [-0.3, -0.25) is 0 Å². The topological polar surface area (TPSA) is 88.4 Å². The lowest BCUT2D eigenvalue weighted by Crippen LogP contribution is -2.44. The van der Waals surface area contributed by atoms with Gasteiger partial charge in [0.25, 0.3) is 10.0 Å². The van der Waals surface area contributed by atoms with Crippen molar-refractivity contribution in [2.75, 3.05) is 0 Å². The quantitative estimate of drug-likeness (QED) is 0.496. The van der Waals surface area contributed by atoms with Crippen LogP contribution in [0.5, 0.6) is 0 Å². The average Bonchev–Trinajstić information content (AvgIpc) is 3.17. The molecule has 0 radical (unpaired) electrons. The van der Waals surface area contributed by atoms with Crippen molar-refractivity contribution < 1.29 is 17.2 Å². The summed E-state index contributed by atoms with van der Waals surface area (Å²) < 4.78 is 56.7. The molecule has 0 saturated heterocycles. The van der Waals surface area contributed by atoms with Gasteiger partial charge < -0.3 is 10.6 Å². The zero-order valence-electron chi connectivity index (χ0n) is 19.9. The van der Waals surface area contributed by atoms with Gasteiger partial charge in [-0.25, -0.2) is 31.1 Å². The molecule has 0 amide bonds. The lowest BCUT2D eigenvalue weighted by molar-refractivity contribution is 0.341. The van der Waals surface area contributed by atoms with E-state index in [4.69, 9.17) is 0 Å². The van der Waals surface area contributed by atoms with Gasteiger partial charge in [0.05, 0.1) is 17.1 Å². The van der Waals surface area contributed by atoms with E-state index in [0.29, 0.717) is 5.56 Å². The van der Waals surface area contributed by atoms with Crippen LogP contribution in [-0.4, -0.2) is 29.3 Å². The molecule has 4 rings (SSSR count). The summed E-state index contributed by atoms with van der Waals surface area (Å²) in [5, 5.41) is 6.12. The van der Waals surface area contributed by atoms with Gasteiger partial charge in [-0.2, -0.15) is 0 Å². The molecule has 2 aromatic heterocycles. The van der Waals surface area contributed by atoms with Crippen LogP contribution in [-0.2, 0) is 10.0 Å². The number of fused-ring (bicyclic) bond motifs is 1. The van der Waals surface area contributed by atoms with Crippen LogP contribution in [0.15, 0.2) is 77.3 Å². The normalized spacial score (nSPS) is 17.4. The number of hydrogen-bond acceptors (Lipinski definition) is 6. The molecule has 3 heterocycles. The maximum absolute atomic E-state index is 14.6. The number of halogens is 2. The molecule has 2 unspecified atom stereocenters. The number of benzene rings is 1. The second-order valence-corrected chi connectivity index (χ2v) is 11.3. The first kappa shape index (κ1) is 24.6. The van der Waals surface area contributed by atoms with E-state index in [1.54, 1.807) is 18.2 Å². The first-order chi connectivity index (χ1) is 16.4.